The van der Waals surface area contributed by atoms with Gasteiger partial charge < -0.3 is 14.7 Å². The van der Waals surface area contributed by atoms with E-state index in [1.165, 1.54) is 11.0 Å². The van der Waals surface area contributed by atoms with Crippen LogP contribution in [0.5, 0.6) is 5.75 Å². The van der Waals surface area contributed by atoms with Gasteiger partial charge in [0.15, 0.2) is 6.61 Å². The van der Waals surface area contributed by atoms with E-state index in [0.29, 0.717) is 22.3 Å². The van der Waals surface area contributed by atoms with Gasteiger partial charge in [-0.1, -0.05) is 30.1 Å². The fourth-order valence-electron chi connectivity index (χ4n) is 1.64. The lowest BCUT2D eigenvalue weighted by molar-refractivity contribution is -0.143. The highest BCUT2D eigenvalue weighted by Gasteiger charge is 2.19. The quantitative estimate of drug-likeness (QED) is 0.833. The first-order valence-electron chi connectivity index (χ1n) is 6.43. The molecule has 21 heavy (non-hydrogen) atoms. The molecule has 0 radical (unpaired) electrons. The van der Waals surface area contributed by atoms with Crippen molar-refractivity contribution in [3.8, 4) is 5.75 Å². The molecule has 1 atom stereocenters. The summed E-state index contributed by atoms with van der Waals surface area (Å²) in [4.78, 5) is 24.3. The van der Waals surface area contributed by atoms with Crippen LogP contribution in [0, 0.1) is 5.92 Å². The molecule has 1 aromatic carbocycles. The molecular weight excluding hydrogens is 317 g/mol. The Kier molecular flexibility index (Phi) is 6.78. The van der Waals surface area contributed by atoms with Crippen LogP contribution in [-0.4, -0.2) is 41.6 Å². The Labute approximate surface area is 133 Å². The molecule has 1 unspecified atom stereocenters. The van der Waals surface area contributed by atoms with Crippen LogP contribution in [0.1, 0.15) is 13.8 Å². The number of rotatable bonds is 7. The lowest BCUT2D eigenvalue weighted by atomic mass is 10.1. The smallest absolute Gasteiger partial charge is 0.308 e. The Hall–Kier alpha value is -1.46. The van der Waals surface area contributed by atoms with Crippen LogP contribution in [-0.2, 0) is 9.59 Å². The Morgan fingerprint density at radius 3 is 2.57 bits per heavy atom. The van der Waals surface area contributed by atoms with E-state index in [2.05, 4.69) is 0 Å². The number of ether oxygens (including phenoxy) is 1. The van der Waals surface area contributed by atoms with E-state index in [-0.39, 0.29) is 19.1 Å². The van der Waals surface area contributed by atoms with E-state index in [1.807, 2.05) is 0 Å². The van der Waals surface area contributed by atoms with Gasteiger partial charge in [0.1, 0.15) is 5.75 Å². The lowest BCUT2D eigenvalue weighted by Crippen LogP contribution is -2.39. The molecule has 1 N–H and O–H groups in total. The standard InChI is InChI=1S/C14H17Cl2NO4/c1-3-17(7-9(2)14(19)20)13(18)8-21-12-5-4-10(15)6-11(12)16/h4-6,9H,3,7-8H2,1-2H3,(H,19,20). The van der Waals surface area contributed by atoms with Crippen molar-refractivity contribution in [2.45, 2.75) is 13.8 Å². The summed E-state index contributed by atoms with van der Waals surface area (Å²) in [6.45, 7) is 3.68. The van der Waals surface area contributed by atoms with E-state index < -0.39 is 11.9 Å². The zero-order valence-corrected chi connectivity index (χ0v) is 13.3. The topological polar surface area (TPSA) is 66.8 Å². The first-order chi connectivity index (χ1) is 9.85. The molecule has 0 aromatic heterocycles. The van der Waals surface area contributed by atoms with E-state index in [1.54, 1.807) is 26.0 Å². The molecule has 0 fully saturated rings. The van der Waals surface area contributed by atoms with Crippen molar-refractivity contribution < 1.29 is 19.4 Å². The molecular formula is C14H17Cl2NO4. The number of amides is 1. The molecule has 1 rings (SSSR count). The molecule has 0 spiro atoms. The Morgan fingerprint density at radius 1 is 1.38 bits per heavy atom. The summed E-state index contributed by atoms with van der Waals surface area (Å²) in [5.41, 5.74) is 0. The second-order valence-electron chi connectivity index (χ2n) is 4.54. The van der Waals surface area contributed by atoms with Crippen molar-refractivity contribution in [3.05, 3.63) is 28.2 Å². The molecule has 0 aliphatic heterocycles. The van der Waals surface area contributed by atoms with Crippen molar-refractivity contribution in [1.82, 2.24) is 4.90 Å². The largest absolute Gasteiger partial charge is 0.482 e. The number of hydrogen-bond donors (Lipinski definition) is 1. The maximum Gasteiger partial charge on any atom is 0.308 e. The number of carbonyl (C=O) groups is 2. The average molecular weight is 334 g/mol. The fraction of sp³-hybridized carbons (Fsp3) is 0.429. The predicted octanol–water partition coefficient (Wildman–Crippen LogP) is 2.94. The van der Waals surface area contributed by atoms with E-state index in [0.717, 1.165) is 0 Å². The van der Waals surface area contributed by atoms with Gasteiger partial charge in [0.05, 0.1) is 10.9 Å². The third-order valence-electron chi connectivity index (χ3n) is 2.90. The first kappa shape index (κ1) is 17.6. The van der Waals surface area contributed by atoms with Crippen molar-refractivity contribution in [2.75, 3.05) is 19.7 Å². The number of aliphatic carboxylic acids is 1. The predicted molar refractivity (Wildman–Crippen MR) is 81.0 cm³/mol. The average Bonchev–Trinajstić information content (AvgIpc) is 2.43. The minimum absolute atomic E-state index is 0.141. The van der Waals surface area contributed by atoms with Crippen LogP contribution in [0.3, 0.4) is 0 Å². The maximum absolute atomic E-state index is 12.0. The van der Waals surface area contributed by atoms with E-state index in [9.17, 15) is 9.59 Å². The van der Waals surface area contributed by atoms with Crippen LogP contribution in [0.4, 0.5) is 0 Å². The summed E-state index contributed by atoms with van der Waals surface area (Å²) in [7, 11) is 0. The van der Waals surface area contributed by atoms with Crippen LogP contribution in [0.15, 0.2) is 18.2 Å². The second kappa shape index (κ2) is 8.10. The van der Waals surface area contributed by atoms with Crippen LogP contribution in [0.25, 0.3) is 0 Å². The summed E-state index contributed by atoms with van der Waals surface area (Å²) in [6, 6.07) is 4.71. The van der Waals surface area contributed by atoms with Gasteiger partial charge in [-0.05, 0) is 25.1 Å². The summed E-state index contributed by atoms with van der Waals surface area (Å²) in [6.07, 6.45) is 0. The minimum atomic E-state index is -0.942. The molecule has 1 amide bonds. The van der Waals surface area contributed by atoms with Crippen LogP contribution < -0.4 is 4.74 Å². The van der Waals surface area contributed by atoms with Gasteiger partial charge in [-0.15, -0.1) is 0 Å². The molecule has 5 nitrogen and oxygen atoms in total. The molecule has 0 heterocycles. The second-order valence-corrected chi connectivity index (χ2v) is 5.38. The highest BCUT2D eigenvalue weighted by Crippen LogP contribution is 2.27. The van der Waals surface area contributed by atoms with E-state index >= 15 is 0 Å². The highest BCUT2D eigenvalue weighted by atomic mass is 35.5. The summed E-state index contributed by atoms with van der Waals surface area (Å²) >= 11 is 11.7. The SMILES string of the molecule is CCN(CC(C)C(=O)O)C(=O)COc1ccc(Cl)cc1Cl. The molecule has 0 saturated heterocycles. The van der Waals surface area contributed by atoms with Gasteiger partial charge in [-0.25, -0.2) is 0 Å². The van der Waals surface area contributed by atoms with E-state index in [4.69, 9.17) is 33.0 Å². The first-order valence-corrected chi connectivity index (χ1v) is 7.19. The van der Waals surface area contributed by atoms with Gasteiger partial charge in [0.2, 0.25) is 0 Å². The van der Waals surface area contributed by atoms with Crippen LogP contribution >= 0.6 is 23.2 Å². The molecule has 0 aliphatic carbocycles. The number of nitrogens with zero attached hydrogens (tertiary/aromatic N) is 1. The summed E-state index contributed by atoms with van der Waals surface area (Å²) < 4.78 is 5.35. The Bertz CT molecular complexity index is 522. The minimum Gasteiger partial charge on any atom is -0.482 e. The van der Waals surface area contributed by atoms with Gasteiger partial charge in [0.25, 0.3) is 5.91 Å². The van der Waals surface area contributed by atoms with Crippen molar-refractivity contribution in [1.29, 1.82) is 0 Å². The number of likely N-dealkylation sites (N-methyl/N-ethyl adjacent to an activating group) is 1. The number of carboxylic acids is 1. The lowest BCUT2D eigenvalue weighted by Gasteiger charge is -2.23. The molecule has 0 saturated carbocycles. The number of carbonyl (C=O) groups excluding carboxylic acids is 1. The molecule has 1 aromatic rings. The monoisotopic (exact) mass is 333 g/mol. The summed E-state index contributed by atoms with van der Waals surface area (Å²) in [5, 5.41) is 9.67. The third kappa shape index (κ3) is 5.44. The zero-order chi connectivity index (χ0) is 16.0. The van der Waals surface area contributed by atoms with Gasteiger partial charge in [-0.3, -0.25) is 9.59 Å². The van der Waals surface area contributed by atoms with Crippen molar-refractivity contribution >= 4 is 35.1 Å². The fourth-order valence-corrected chi connectivity index (χ4v) is 2.10. The highest BCUT2D eigenvalue weighted by molar-refractivity contribution is 6.35. The number of benzene rings is 1. The molecule has 7 heteroatoms. The van der Waals surface area contributed by atoms with Gasteiger partial charge >= 0.3 is 5.97 Å². The van der Waals surface area contributed by atoms with Gasteiger partial charge in [0, 0.05) is 18.1 Å². The van der Waals surface area contributed by atoms with Crippen molar-refractivity contribution in [2.24, 2.45) is 5.92 Å². The third-order valence-corrected chi connectivity index (χ3v) is 3.43. The normalized spacial score (nSPS) is 11.8. The number of carboxylic acid groups (broad SMARTS) is 1. The zero-order valence-electron chi connectivity index (χ0n) is 11.8. The van der Waals surface area contributed by atoms with Crippen LogP contribution in [0.2, 0.25) is 10.0 Å². The van der Waals surface area contributed by atoms with Gasteiger partial charge in [-0.2, -0.15) is 0 Å². The molecule has 116 valence electrons. The Balaban J connectivity index is 2.60. The molecule has 0 aliphatic rings. The number of hydrogen-bond acceptors (Lipinski definition) is 3. The maximum atomic E-state index is 12.0. The summed E-state index contributed by atoms with van der Waals surface area (Å²) in [5.74, 6) is -1.51. The molecule has 0 bridgehead atoms. The van der Waals surface area contributed by atoms with Crippen molar-refractivity contribution in [3.63, 3.8) is 0 Å². The Morgan fingerprint density at radius 2 is 2.05 bits per heavy atom. The number of halogens is 2.